The van der Waals surface area contributed by atoms with Crippen molar-refractivity contribution >= 4 is 22.9 Å². The Morgan fingerprint density at radius 1 is 1.41 bits per heavy atom. The molecule has 0 radical (unpaired) electrons. The summed E-state index contributed by atoms with van der Waals surface area (Å²) >= 11 is 0. The van der Waals surface area contributed by atoms with Crippen molar-refractivity contribution in [2.24, 2.45) is 0 Å². The minimum atomic E-state index is -1.16. The molecule has 8 heteroatoms. The number of carbonyl (C=O) groups excluding carboxylic acids is 1. The molecule has 0 aliphatic heterocycles. The van der Waals surface area contributed by atoms with Crippen LogP contribution in [-0.4, -0.2) is 42.8 Å². The number of hydrogen-bond acceptors (Lipinski definition) is 3. The van der Waals surface area contributed by atoms with E-state index < -0.39 is 17.8 Å². The van der Waals surface area contributed by atoms with Gasteiger partial charge in [-0.15, -0.1) is 0 Å². The maximum absolute atomic E-state index is 14.1. The molecule has 0 saturated carbocycles. The van der Waals surface area contributed by atoms with Crippen molar-refractivity contribution in [1.29, 1.82) is 0 Å². The van der Waals surface area contributed by atoms with Gasteiger partial charge >= 0.3 is 6.09 Å². The summed E-state index contributed by atoms with van der Waals surface area (Å²) in [5.74, 6) is -0.628. The van der Waals surface area contributed by atoms with Gasteiger partial charge in [0.1, 0.15) is 11.4 Å². The van der Waals surface area contributed by atoms with E-state index in [1.54, 1.807) is 6.07 Å². The average Bonchev–Trinajstić information content (AvgIpc) is 2.85. The molecule has 22 heavy (non-hydrogen) atoms. The second kappa shape index (κ2) is 6.33. The molecule has 0 saturated heterocycles. The van der Waals surface area contributed by atoms with Crippen molar-refractivity contribution in [3.8, 4) is 5.75 Å². The summed E-state index contributed by atoms with van der Waals surface area (Å²) in [5, 5.41) is 13.8. The monoisotopic (exact) mass is 309 g/mol. The summed E-state index contributed by atoms with van der Waals surface area (Å²) in [6, 6.07) is 2.82. The second-order valence-corrected chi connectivity index (χ2v) is 4.57. The van der Waals surface area contributed by atoms with E-state index in [1.165, 1.54) is 20.2 Å². The molecule has 0 aliphatic carbocycles. The Balaban J connectivity index is 2.53. The average molecular weight is 309 g/mol. The lowest BCUT2D eigenvalue weighted by atomic mass is 10.1. The van der Waals surface area contributed by atoms with Crippen LogP contribution in [0.4, 0.5) is 9.18 Å². The largest absolute Gasteiger partial charge is 0.497 e. The zero-order valence-electron chi connectivity index (χ0n) is 12.1. The molecule has 7 nitrogen and oxygen atoms in total. The van der Waals surface area contributed by atoms with Gasteiger partial charge in [-0.05, 0) is 18.1 Å². The van der Waals surface area contributed by atoms with Gasteiger partial charge in [-0.2, -0.15) is 0 Å². The van der Waals surface area contributed by atoms with E-state index in [0.717, 1.165) is 0 Å². The molecule has 0 aliphatic rings. The van der Waals surface area contributed by atoms with Crippen molar-refractivity contribution in [3.05, 3.63) is 29.2 Å². The number of methoxy groups -OCH3 is 1. The van der Waals surface area contributed by atoms with E-state index in [2.05, 4.69) is 15.6 Å². The molecular weight excluding hydrogens is 293 g/mol. The van der Waals surface area contributed by atoms with E-state index >= 15 is 0 Å². The van der Waals surface area contributed by atoms with Crippen LogP contribution in [0.5, 0.6) is 5.75 Å². The third kappa shape index (κ3) is 2.95. The van der Waals surface area contributed by atoms with Crippen molar-refractivity contribution in [2.45, 2.75) is 6.42 Å². The Kier molecular flexibility index (Phi) is 4.50. The molecule has 0 unspecified atom stereocenters. The third-order valence-corrected chi connectivity index (χ3v) is 3.28. The standard InChI is InChI=1S/C14H16FN3O4/c1-16-13(19)12-8(3-4-17-14(20)21)9-5-7(22-2)6-10(15)11(9)18-12/h5-6,17-18H,3-4H2,1-2H3,(H,16,19)(H,20,21). The Hall–Kier alpha value is -2.77. The Labute approximate surface area is 125 Å². The number of rotatable bonds is 5. The number of H-pyrrole nitrogens is 1. The highest BCUT2D eigenvalue weighted by Crippen LogP contribution is 2.29. The fourth-order valence-electron chi connectivity index (χ4n) is 2.27. The number of ether oxygens (including phenoxy) is 1. The molecule has 1 aromatic carbocycles. The van der Waals surface area contributed by atoms with Gasteiger partial charge in [-0.3, -0.25) is 4.79 Å². The number of nitrogens with one attached hydrogen (secondary N) is 3. The van der Waals surface area contributed by atoms with Gasteiger partial charge in [0, 0.05) is 25.0 Å². The molecule has 118 valence electrons. The van der Waals surface area contributed by atoms with Crippen LogP contribution in [0.1, 0.15) is 16.1 Å². The molecule has 1 heterocycles. The number of benzene rings is 1. The molecule has 0 spiro atoms. The Bertz CT molecular complexity index is 726. The Morgan fingerprint density at radius 2 is 2.14 bits per heavy atom. The number of halogens is 1. The lowest BCUT2D eigenvalue weighted by Crippen LogP contribution is -2.25. The number of aromatic amines is 1. The fraction of sp³-hybridized carbons (Fsp3) is 0.286. The van der Waals surface area contributed by atoms with Crippen LogP contribution in [0, 0.1) is 5.82 Å². The van der Waals surface area contributed by atoms with Gasteiger partial charge in [0.15, 0.2) is 5.82 Å². The van der Waals surface area contributed by atoms with Crippen LogP contribution < -0.4 is 15.4 Å². The highest BCUT2D eigenvalue weighted by Gasteiger charge is 2.19. The maximum atomic E-state index is 14.1. The van der Waals surface area contributed by atoms with Gasteiger partial charge in [-0.25, -0.2) is 9.18 Å². The lowest BCUT2D eigenvalue weighted by Gasteiger charge is -2.05. The summed E-state index contributed by atoms with van der Waals surface area (Å²) in [6.07, 6.45) is -0.924. The third-order valence-electron chi connectivity index (χ3n) is 3.28. The van der Waals surface area contributed by atoms with Crippen molar-refractivity contribution < 1.29 is 23.8 Å². The fourth-order valence-corrected chi connectivity index (χ4v) is 2.27. The topological polar surface area (TPSA) is 103 Å². The van der Waals surface area contributed by atoms with Crippen LogP contribution in [0.15, 0.2) is 12.1 Å². The molecular formula is C14H16FN3O4. The minimum Gasteiger partial charge on any atom is -0.497 e. The SMILES string of the molecule is CNC(=O)c1[nH]c2c(F)cc(OC)cc2c1CCNC(=O)O. The molecule has 2 aromatic rings. The quantitative estimate of drug-likeness (QED) is 0.671. The smallest absolute Gasteiger partial charge is 0.404 e. The molecule has 0 atom stereocenters. The van der Waals surface area contributed by atoms with E-state index in [9.17, 15) is 14.0 Å². The van der Waals surface area contributed by atoms with Crippen molar-refractivity contribution in [3.63, 3.8) is 0 Å². The van der Waals surface area contributed by atoms with Gasteiger partial charge in [0.05, 0.1) is 12.6 Å². The predicted octanol–water partition coefficient (Wildman–Crippen LogP) is 1.49. The molecule has 0 bridgehead atoms. The highest BCUT2D eigenvalue weighted by molar-refractivity contribution is 6.01. The van der Waals surface area contributed by atoms with E-state index in [1.807, 2.05) is 0 Å². The molecule has 1 aromatic heterocycles. The van der Waals surface area contributed by atoms with Gasteiger partial charge < -0.3 is 25.5 Å². The molecule has 4 N–H and O–H groups in total. The number of carboxylic acid groups (broad SMARTS) is 1. The van der Waals surface area contributed by atoms with Crippen LogP contribution in [-0.2, 0) is 6.42 Å². The molecule has 2 amide bonds. The van der Waals surface area contributed by atoms with E-state index in [0.29, 0.717) is 16.7 Å². The first-order chi connectivity index (χ1) is 10.5. The normalized spacial score (nSPS) is 10.5. The van der Waals surface area contributed by atoms with Gasteiger partial charge in [-0.1, -0.05) is 0 Å². The number of hydrogen-bond donors (Lipinski definition) is 4. The summed E-state index contributed by atoms with van der Waals surface area (Å²) < 4.78 is 19.1. The van der Waals surface area contributed by atoms with Gasteiger partial charge in [0.25, 0.3) is 5.91 Å². The second-order valence-electron chi connectivity index (χ2n) is 4.57. The number of carbonyl (C=O) groups is 2. The Morgan fingerprint density at radius 3 is 2.73 bits per heavy atom. The highest BCUT2D eigenvalue weighted by atomic mass is 19.1. The van der Waals surface area contributed by atoms with E-state index in [4.69, 9.17) is 9.84 Å². The van der Waals surface area contributed by atoms with Crippen LogP contribution in [0.25, 0.3) is 10.9 Å². The number of aromatic nitrogens is 1. The minimum absolute atomic E-state index is 0.102. The van der Waals surface area contributed by atoms with Crippen molar-refractivity contribution in [1.82, 2.24) is 15.6 Å². The first-order valence-electron chi connectivity index (χ1n) is 6.55. The molecule has 0 fully saturated rings. The summed E-state index contributed by atoms with van der Waals surface area (Å²) in [7, 11) is 2.88. The summed E-state index contributed by atoms with van der Waals surface area (Å²) in [5.41, 5.74) is 0.919. The van der Waals surface area contributed by atoms with Gasteiger partial charge in [0.2, 0.25) is 0 Å². The molecule has 2 rings (SSSR count). The first-order valence-corrected chi connectivity index (χ1v) is 6.55. The lowest BCUT2D eigenvalue weighted by molar-refractivity contribution is 0.0958. The number of amides is 2. The van der Waals surface area contributed by atoms with Crippen LogP contribution in [0.2, 0.25) is 0 Å². The maximum Gasteiger partial charge on any atom is 0.404 e. The zero-order chi connectivity index (χ0) is 16.3. The van der Waals surface area contributed by atoms with Crippen LogP contribution >= 0.6 is 0 Å². The predicted molar refractivity (Wildman–Crippen MR) is 77.9 cm³/mol. The van der Waals surface area contributed by atoms with Crippen LogP contribution in [0.3, 0.4) is 0 Å². The summed E-state index contributed by atoms with van der Waals surface area (Å²) in [6.45, 7) is 0.102. The number of fused-ring (bicyclic) bond motifs is 1. The van der Waals surface area contributed by atoms with E-state index in [-0.39, 0.29) is 24.2 Å². The van der Waals surface area contributed by atoms with Crippen molar-refractivity contribution in [2.75, 3.05) is 20.7 Å². The summed E-state index contributed by atoms with van der Waals surface area (Å²) in [4.78, 5) is 25.2. The zero-order valence-corrected chi connectivity index (χ0v) is 12.1. The first kappa shape index (κ1) is 15.6.